The van der Waals surface area contributed by atoms with Gasteiger partial charge >= 0.3 is 0 Å². The highest BCUT2D eigenvalue weighted by Gasteiger charge is 2.09. The summed E-state index contributed by atoms with van der Waals surface area (Å²) in [6, 6.07) is 11.5. The van der Waals surface area contributed by atoms with E-state index in [0.29, 0.717) is 10.7 Å². The first-order chi connectivity index (χ1) is 8.63. The second kappa shape index (κ2) is 4.53. The molecule has 0 aliphatic heterocycles. The van der Waals surface area contributed by atoms with Crippen LogP contribution in [0.2, 0.25) is 5.02 Å². The van der Waals surface area contributed by atoms with E-state index in [-0.39, 0.29) is 0 Å². The van der Waals surface area contributed by atoms with Gasteiger partial charge in [-0.15, -0.1) is 11.3 Å². The molecule has 0 bridgehead atoms. The fourth-order valence-electron chi connectivity index (χ4n) is 1.74. The van der Waals surface area contributed by atoms with Gasteiger partial charge in [0, 0.05) is 20.7 Å². The van der Waals surface area contributed by atoms with Gasteiger partial charge in [-0.2, -0.15) is 0 Å². The standard InChI is InChI=1S/C13H8BrClN2S/c14-7-1-4-12-11(5-7)17-13(18-12)9-3-2-8(15)6-10(9)16/h1-6H,16H2. The van der Waals surface area contributed by atoms with E-state index in [1.165, 1.54) is 0 Å². The van der Waals surface area contributed by atoms with Gasteiger partial charge in [0.2, 0.25) is 0 Å². The fraction of sp³-hybridized carbons (Fsp3) is 0. The molecule has 1 aromatic heterocycles. The molecular weight excluding hydrogens is 332 g/mol. The lowest BCUT2D eigenvalue weighted by molar-refractivity contribution is 1.47. The highest BCUT2D eigenvalue weighted by molar-refractivity contribution is 9.10. The van der Waals surface area contributed by atoms with E-state index in [9.17, 15) is 0 Å². The lowest BCUT2D eigenvalue weighted by atomic mass is 10.2. The number of halogens is 2. The number of fused-ring (bicyclic) bond motifs is 1. The van der Waals surface area contributed by atoms with Crippen LogP contribution in [0.3, 0.4) is 0 Å². The molecule has 3 rings (SSSR count). The molecular formula is C13H8BrClN2S. The molecule has 0 aliphatic carbocycles. The number of aromatic nitrogens is 1. The minimum absolute atomic E-state index is 0.639. The number of thiazole rings is 1. The highest BCUT2D eigenvalue weighted by atomic mass is 79.9. The molecule has 2 aromatic carbocycles. The minimum atomic E-state index is 0.639. The molecule has 3 aromatic rings. The van der Waals surface area contributed by atoms with Gasteiger partial charge in [0.05, 0.1) is 10.2 Å². The van der Waals surface area contributed by atoms with Gasteiger partial charge in [-0.1, -0.05) is 27.5 Å². The van der Waals surface area contributed by atoms with Crippen LogP contribution in [0.1, 0.15) is 0 Å². The summed E-state index contributed by atoms with van der Waals surface area (Å²) in [5.41, 5.74) is 8.53. The van der Waals surface area contributed by atoms with Crippen molar-refractivity contribution in [2.75, 3.05) is 5.73 Å². The second-order valence-electron chi connectivity index (χ2n) is 3.86. The Balaban J connectivity index is 2.19. The third kappa shape index (κ3) is 2.11. The van der Waals surface area contributed by atoms with E-state index in [4.69, 9.17) is 17.3 Å². The van der Waals surface area contributed by atoms with Crippen LogP contribution in [0.5, 0.6) is 0 Å². The summed E-state index contributed by atoms with van der Waals surface area (Å²) in [5.74, 6) is 0. The Morgan fingerprint density at radius 2 is 2.00 bits per heavy atom. The zero-order valence-electron chi connectivity index (χ0n) is 9.15. The Kier molecular flexibility index (Phi) is 3.01. The predicted octanol–water partition coefficient (Wildman–Crippen LogP) is 4.96. The summed E-state index contributed by atoms with van der Waals surface area (Å²) in [7, 11) is 0. The number of rotatable bonds is 1. The molecule has 2 N–H and O–H groups in total. The van der Waals surface area contributed by atoms with E-state index in [1.807, 2.05) is 30.3 Å². The first-order valence-electron chi connectivity index (χ1n) is 5.25. The Morgan fingerprint density at radius 3 is 2.78 bits per heavy atom. The summed E-state index contributed by atoms with van der Waals surface area (Å²) in [6.07, 6.45) is 0. The second-order valence-corrected chi connectivity index (χ2v) is 6.25. The van der Waals surface area contributed by atoms with Crippen LogP contribution in [0.4, 0.5) is 5.69 Å². The molecule has 0 aliphatic rings. The summed E-state index contributed by atoms with van der Waals surface area (Å²) in [5, 5.41) is 1.55. The van der Waals surface area contributed by atoms with Crippen LogP contribution >= 0.6 is 38.9 Å². The van der Waals surface area contributed by atoms with Gasteiger partial charge in [0.1, 0.15) is 5.01 Å². The zero-order chi connectivity index (χ0) is 12.7. The van der Waals surface area contributed by atoms with E-state index in [0.717, 1.165) is 25.3 Å². The quantitative estimate of drug-likeness (QED) is 0.636. The molecule has 0 fully saturated rings. The van der Waals surface area contributed by atoms with Gasteiger partial charge in [-0.3, -0.25) is 0 Å². The van der Waals surface area contributed by atoms with Crippen molar-refractivity contribution < 1.29 is 0 Å². The van der Waals surface area contributed by atoms with E-state index >= 15 is 0 Å². The molecule has 2 nitrogen and oxygen atoms in total. The first kappa shape index (κ1) is 12.0. The zero-order valence-corrected chi connectivity index (χ0v) is 12.3. The third-order valence-electron chi connectivity index (χ3n) is 2.59. The van der Waals surface area contributed by atoms with Gasteiger partial charge in [0.25, 0.3) is 0 Å². The maximum Gasteiger partial charge on any atom is 0.126 e. The molecule has 90 valence electrons. The lowest BCUT2D eigenvalue weighted by Crippen LogP contribution is -1.88. The first-order valence-corrected chi connectivity index (χ1v) is 7.24. The Morgan fingerprint density at radius 1 is 1.17 bits per heavy atom. The third-order valence-corrected chi connectivity index (χ3v) is 4.39. The molecule has 1 heterocycles. The highest BCUT2D eigenvalue weighted by Crippen LogP contribution is 2.35. The SMILES string of the molecule is Nc1cc(Cl)ccc1-c1nc2cc(Br)ccc2s1. The number of hydrogen-bond acceptors (Lipinski definition) is 3. The number of nitrogen functional groups attached to an aromatic ring is 1. The van der Waals surface area contributed by atoms with Gasteiger partial charge in [0.15, 0.2) is 0 Å². The monoisotopic (exact) mass is 338 g/mol. The molecule has 0 radical (unpaired) electrons. The van der Waals surface area contributed by atoms with Crippen molar-refractivity contribution >= 4 is 54.8 Å². The maximum atomic E-state index is 5.98. The number of nitrogens with zero attached hydrogens (tertiary/aromatic N) is 1. The van der Waals surface area contributed by atoms with Gasteiger partial charge in [-0.25, -0.2) is 4.98 Å². The van der Waals surface area contributed by atoms with Crippen LogP contribution in [0, 0.1) is 0 Å². The summed E-state index contributed by atoms with van der Waals surface area (Å²) >= 11 is 11.0. The van der Waals surface area contributed by atoms with E-state index < -0.39 is 0 Å². The average Bonchev–Trinajstić information content (AvgIpc) is 2.71. The normalized spacial score (nSPS) is 11.0. The van der Waals surface area contributed by atoms with Crippen molar-refractivity contribution in [1.29, 1.82) is 0 Å². The van der Waals surface area contributed by atoms with Crippen LogP contribution in [0.15, 0.2) is 40.9 Å². The largest absolute Gasteiger partial charge is 0.398 e. The topological polar surface area (TPSA) is 38.9 Å². The Bertz CT molecular complexity index is 739. The average molecular weight is 340 g/mol. The molecule has 0 atom stereocenters. The van der Waals surface area contributed by atoms with E-state index in [1.54, 1.807) is 17.4 Å². The molecule has 0 saturated heterocycles. The van der Waals surface area contributed by atoms with Crippen LogP contribution < -0.4 is 5.73 Å². The molecule has 5 heteroatoms. The summed E-state index contributed by atoms with van der Waals surface area (Å²) in [6.45, 7) is 0. The summed E-state index contributed by atoms with van der Waals surface area (Å²) < 4.78 is 2.17. The number of hydrogen-bond donors (Lipinski definition) is 1. The van der Waals surface area contributed by atoms with Crippen molar-refractivity contribution in [3.05, 3.63) is 45.9 Å². The Labute approximate surface area is 122 Å². The smallest absolute Gasteiger partial charge is 0.126 e. The van der Waals surface area contributed by atoms with Crippen molar-refractivity contribution in [1.82, 2.24) is 4.98 Å². The number of benzene rings is 2. The predicted molar refractivity (Wildman–Crippen MR) is 82.2 cm³/mol. The number of nitrogens with two attached hydrogens (primary N) is 1. The van der Waals surface area contributed by atoms with Crippen LogP contribution in [-0.2, 0) is 0 Å². The van der Waals surface area contributed by atoms with Crippen molar-refractivity contribution in [2.24, 2.45) is 0 Å². The molecule has 0 spiro atoms. The Hall–Kier alpha value is -1.10. The van der Waals surface area contributed by atoms with Gasteiger partial charge < -0.3 is 5.73 Å². The van der Waals surface area contributed by atoms with Gasteiger partial charge in [-0.05, 0) is 36.4 Å². The molecule has 0 saturated carbocycles. The van der Waals surface area contributed by atoms with Crippen LogP contribution in [0.25, 0.3) is 20.8 Å². The summed E-state index contributed by atoms with van der Waals surface area (Å²) in [4.78, 5) is 4.60. The molecule has 0 amide bonds. The van der Waals surface area contributed by atoms with E-state index in [2.05, 4.69) is 20.9 Å². The fourth-order valence-corrected chi connectivity index (χ4v) is 3.27. The van der Waals surface area contributed by atoms with Crippen LogP contribution in [-0.4, -0.2) is 4.98 Å². The number of anilines is 1. The lowest BCUT2D eigenvalue weighted by Gasteiger charge is -2.01. The molecule has 18 heavy (non-hydrogen) atoms. The molecule has 0 unspecified atom stereocenters. The van der Waals surface area contributed by atoms with Crippen molar-refractivity contribution in [2.45, 2.75) is 0 Å². The minimum Gasteiger partial charge on any atom is -0.398 e. The maximum absolute atomic E-state index is 5.98. The van der Waals surface area contributed by atoms with Crippen molar-refractivity contribution in [3.8, 4) is 10.6 Å². The van der Waals surface area contributed by atoms with Crippen molar-refractivity contribution in [3.63, 3.8) is 0 Å².